The lowest BCUT2D eigenvalue weighted by atomic mass is 9.90. The lowest BCUT2D eigenvalue weighted by Crippen LogP contribution is -2.45. The molecule has 1 aliphatic carbocycles. The number of aliphatic hydroxyl groups is 1. The minimum atomic E-state index is -0.977. The van der Waals surface area contributed by atoms with Crippen LogP contribution in [0.15, 0.2) is 54.7 Å². The Hall–Kier alpha value is -3.71. The van der Waals surface area contributed by atoms with Crippen LogP contribution in [0.5, 0.6) is 0 Å². The highest BCUT2D eigenvalue weighted by atomic mass is 19.1. The Morgan fingerprint density at radius 2 is 1.89 bits per heavy atom. The highest BCUT2D eigenvalue weighted by Crippen LogP contribution is 2.36. The van der Waals surface area contributed by atoms with E-state index in [0.29, 0.717) is 31.5 Å². The smallest absolute Gasteiger partial charge is 0.253 e. The molecule has 35 heavy (non-hydrogen) atoms. The third-order valence-electron chi connectivity index (χ3n) is 7.37. The van der Waals surface area contributed by atoms with Crippen molar-refractivity contribution in [2.75, 3.05) is 13.1 Å². The summed E-state index contributed by atoms with van der Waals surface area (Å²) in [6.07, 6.45) is 9.38. The number of rotatable bonds is 3. The number of aryl methyl sites for hydroxylation is 2. The van der Waals surface area contributed by atoms with Gasteiger partial charge in [0.2, 0.25) is 0 Å². The number of nitrogens with one attached hydrogen (secondary N) is 2. The Bertz CT molecular complexity index is 1430. The molecule has 1 aliphatic heterocycles. The van der Waals surface area contributed by atoms with Crippen molar-refractivity contribution in [1.29, 1.82) is 0 Å². The number of halogens is 1. The molecule has 0 bridgehead atoms. The first-order valence-corrected chi connectivity index (χ1v) is 12.1. The number of hydrogen-bond acceptors (Lipinski definition) is 3. The highest BCUT2D eigenvalue weighted by molar-refractivity contribution is 6.00. The largest absolute Gasteiger partial charge is 0.386 e. The van der Waals surface area contributed by atoms with Crippen molar-refractivity contribution in [1.82, 2.24) is 20.1 Å². The summed E-state index contributed by atoms with van der Waals surface area (Å²) in [6.45, 7) is 0.952. The summed E-state index contributed by atoms with van der Waals surface area (Å²) in [7, 11) is 0. The van der Waals surface area contributed by atoms with E-state index in [-0.39, 0.29) is 11.7 Å². The second-order valence-corrected chi connectivity index (χ2v) is 9.64. The fraction of sp³-hybridized carbons (Fsp3) is 0.286. The van der Waals surface area contributed by atoms with Gasteiger partial charge in [0.15, 0.2) is 0 Å². The van der Waals surface area contributed by atoms with Crippen molar-refractivity contribution in [3.63, 3.8) is 0 Å². The quantitative estimate of drug-likeness (QED) is 0.400. The van der Waals surface area contributed by atoms with Crippen LogP contribution in [0.3, 0.4) is 0 Å². The minimum Gasteiger partial charge on any atom is -0.386 e. The van der Waals surface area contributed by atoms with E-state index in [1.165, 1.54) is 23.3 Å². The lowest BCUT2D eigenvalue weighted by molar-refractivity contribution is 0.0192. The highest BCUT2D eigenvalue weighted by Gasteiger charge is 2.32. The van der Waals surface area contributed by atoms with Gasteiger partial charge in [-0.05, 0) is 79.1 Å². The summed E-state index contributed by atoms with van der Waals surface area (Å²) >= 11 is 0. The zero-order valence-corrected chi connectivity index (χ0v) is 19.4. The van der Waals surface area contributed by atoms with Gasteiger partial charge >= 0.3 is 0 Å². The molecular weight excluding hydrogens is 443 g/mol. The Labute approximate surface area is 202 Å². The van der Waals surface area contributed by atoms with Crippen molar-refractivity contribution in [3.8, 4) is 11.4 Å². The van der Waals surface area contributed by atoms with Crippen molar-refractivity contribution >= 4 is 22.9 Å². The molecule has 7 heteroatoms. The van der Waals surface area contributed by atoms with E-state index in [2.05, 4.69) is 15.2 Å². The molecule has 6 rings (SSSR count). The normalized spacial score (nSPS) is 17.4. The zero-order valence-electron chi connectivity index (χ0n) is 19.4. The van der Waals surface area contributed by atoms with E-state index in [1.807, 2.05) is 35.4 Å². The molecule has 3 heterocycles. The predicted octanol–water partition coefficient (Wildman–Crippen LogP) is 4.87. The zero-order chi connectivity index (χ0) is 24.0. The summed E-state index contributed by atoms with van der Waals surface area (Å²) in [5, 5.41) is 19.4. The third-order valence-corrected chi connectivity index (χ3v) is 7.37. The van der Waals surface area contributed by atoms with E-state index in [9.17, 15) is 14.3 Å². The molecule has 1 saturated heterocycles. The molecule has 2 aliphatic rings. The average Bonchev–Trinajstić information content (AvgIpc) is 3.44. The molecule has 0 atom stereocenters. The summed E-state index contributed by atoms with van der Waals surface area (Å²) in [5.74, 6) is -0.296. The van der Waals surface area contributed by atoms with Gasteiger partial charge in [0.05, 0.1) is 23.2 Å². The van der Waals surface area contributed by atoms with Gasteiger partial charge in [-0.25, -0.2) is 4.39 Å². The van der Waals surface area contributed by atoms with E-state index < -0.39 is 5.60 Å². The number of benzene rings is 2. The minimum absolute atomic E-state index is 0.0118. The van der Waals surface area contributed by atoms with Crippen molar-refractivity contribution in [2.24, 2.45) is 0 Å². The number of likely N-dealkylation sites (tertiary alicyclic amines) is 1. The molecule has 178 valence electrons. The number of carbonyl (C=O) groups is 1. The summed E-state index contributed by atoms with van der Waals surface area (Å²) in [6, 6.07) is 12.0. The first-order chi connectivity index (χ1) is 17.0. The van der Waals surface area contributed by atoms with Crippen molar-refractivity contribution in [3.05, 3.63) is 82.8 Å². The molecule has 6 nitrogen and oxygen atoms in total. The molecule has 0 saturated carbocycles. The fourth-order valence-corrected chi connectivity index (χ4v) is 5.30. The van der Waals surface area contributed by atoms with Crippen molar-refractivity contribution < 1.29 is 14.3 Å². The third kappa shape index (κ3) is 4.06. The molecule has 3 N–H and O–H groups in total. The van der Waals surface area contributed by atoms with Gasteiger partial charge in [0.1, 0.15) is 5.82 Å². The Morgan fingerprint density at radius 1 is 1.09 bits per heavy atom. The van der Waals surface area contributed by atoms with Gasteiger partial charge in [-0.15, -0.1) is 0 Å². The topological polar surface area (TPSA) is 85.0 Å². The van der Waals surface area contributed by atoms with Gasteiger partial charge in [-0.1, -0.05) is 24.3 Å². The second kappa shape index (κ2) is 8.50. The van der Waals surface area contributed by atoms with Crippen LogP contribution in [0.4, 0.5) is 4.39 Å². The summed E-state index contributed by atoms with van der Waals surface area (Å²) in [4.78, 5) is 18.7. The SMILES string of the molecule is O=C(c1ccc2[nH]c3c(c2c1)CCCc1cn[nH]c1-3)N1CCC(O)(C=Cc2ccc(F)cc2)CC1. The Morgan fingerprint density at radius 3 is 2.69 bits per heavy atom. The lowest BCUT2D eigenvalue weighted by Gasteiger charge is -2.36. The van der Waals surface area contributed by atoms with E-state index in [0.717, 1.165) is 47.1 Å². The van der Waals surface area contributed by atoms with E-state index >= 15 is 0 Å². The first kappa shape index (κ1) is 21.8. The number of aromatic amines is 2. The average molecular weight is 471 g/mol. The van der Waals surface area contributed by atoms with Gasteiger partial charge < -0.3 is 15.0 Å². The van der Waals surface area contributed by atoms with Crippen LogP contribution >= 0.6 is 0 Å². The number of piperidine rings is 1. The van der Waals surface area contributed by atoms with Crippen LogP contribution in [0.1, 0.15) is 46.3 Å². The monoisotopic (exact) mass is 470 g/mol. The summed E-state index contributed by atoms with van der Waals surface area (Å²) < 4.78 is 13.1. The first-order valence-electron chi connectivity index (χ1n) is 12.1. The maximum absolute atomic E-state index is 13.3. The Balaban J connectivity index is 1.19. The number of amides is 1. The van der Waals surface area contributed by atoms with E-state index in [1.54, 1.807) is 18.2 Å². The molecular formula is C28H27FN4O2. The number of aromatic nitrogens is 3. The van der Waals surface area contributed by atoms with Gasteiger partial charge in [0.25, 0.3) is 5.91 Å². The Kier molecular flexibility index (Phi) is 5.29. The van der Waals surface area contributed by atoms with Crippen LogP contribution in [0.25, 0.3) is 28.4 Å². The molecule has 2 aromatic carbocycles. The molecule has 2 aromatic heterocycles. The van der Waals surface area contributed by atoms with Crippen LogP contribution < -0.4 is 0 Å². The number of hydrogen-bond donors (Lipinski definition) is 3. The van der Waals surface area contributed by atoms with Gasteiger partial charge in [0, 0.05) is 29.6 Å². The van der Waals surface area contributed by atoms with Crippen LogP contribution in [0, 0.1) is 5.82 Å². The second-order valence-electron chi connectivity index (χ2n) is 9.64. The summed E-state index contributed by atoms with van der Waals surface area (Å²) in [5.41, 5.74) is 6.12. The number of fused-ring (bicyclic) bond motifs is 5. The predicted molar refractivity (Wildman–Crippen MR) is 133 cm³/mol. The van der Waals surface area contributed by atoms with Crippen molar-refractivity contribution in [2.45, 2.75) is 37.7 Å². The van der Waals surface area contributed by atoms with Gasteiger partial charge in [-0.2, -0.15) is 5.10 Å². The maximum Gasteiger partial charge on any atom is 0.253 e. The fourth-order valence-electron chi connectivity index (χ4n) is 5.30. The van der Waals surface area contributed by atoms with Crippen LogP contribution in [-0.4, -0.2) is 49.8 Å². The van der Waals surface area contributed by atoms with E-state index in [4.69, 9.17) is 0 Å². The standard InChI is InChI=1S/C28H27FN4O2/c29-21-7-4-18(5-8-21)10-11-28(35)12-14-33(15-13-28)27(34)19-6-9-24-23(16-19)22-3-1-2-20-17-30-32-25(20)26(22)31-24/h4-11,16-17,31,35H,1-3,12-15H2,(H,30,32). The maximum atomic E-state index is 13.3. The number of H-pyrrole nitrogens is 2. The molecule has 4 aromatic rings. The molecule has 1 fully saturated rings. The molecule has 0 radical (unpaired) electrons. The molecule has 0 unspecified atom stereocenters. The van der Waals surface area contributed by atoms with Crippen LogP contribution in [0.2, 0.25) is 0 Å². The van der Waals surface area contributed by atoms with Gasteiger partial charge in [-0.3, -0.25) is 9.89 Å². The molecule has 0 spiro atoms. The van der Waals surface area contributed by atoms with Crippen LogP contribution in [-0.2, 0) is 12.8 Å². The number of carbonyl (C=O) groups excluding carboxylic acids is 1. The molecule has 1 amide bonds. The number of nitrogens with zero attached hydrogens (tertiary/aromatic N) is 2.